The van der Waals surface area contributed by atoms with Gasteiger partial charge in [-0.3, -0.25) is 4.79 Å². The van der Waals surface area contributed by atoms with Crippen molar-refractivity contribution in [3.05, 3.63) is 0 Å². The molecular formula is C8H18N2O. The van der Waals surface area contributed by atoms with Crippen LogP contribution in [0.3, 0.4) is 0 Å². The first-order chi connectivity index (χ1) is 5.16. The van der Waals surface area contributed by atoms with Crippen molar-refractivity contribution in [3.8, 4) is 0 Å². The smallest absolute Gasteiger partial charge is 0.220 e. The Hall–Kier alpha value is -0.570. The Bertz CT molecular complexity index is 113. The Balaban J connectivity index is 3.23. The molecule has 3 heteroatoms. The zero-order chi connectivity index (χ0) is 8.69. The molecule has 0 saturated heterocycles. The van der Waals surface area contributed by atoms with E-state index in [0.717, 1.165) is 6.42 Å². The second-order valence-electron chi connectivity index (χ2n) is 3.06. The van der Waals surface area contributed by atoms with Crippen molar-refractivity contribution in [1.29, 1.82) is 0 Å². The van der Waals surface area contributed by atoms with Crippen LogP contribution in [0.1, 0.15) is 26.7 Å². The number of amides is 1. The molecular weight excluding hydrogens is 140 g/mol. The highest BCUT2D eigenvalue weighted by Crippen LogP contribution is 2.02. The Labute approximate surface area is 68.6 Å². The second kappa shape index (κ2) is 6.16. The average molecular weight is 158 g/mol. The van der Waals surface area contributed by atoms with Crippen molar-refractivity contribution in [1.82, 2.24) is 10.6 Å². The zero-order valence-corrected chi connectivity index (χ0v) is 7.61. The summed E-state index contributed by atoms with van der Waals surface area (Å²) in [5.41, 5.74) is 0. The van der Waals surface area contributed by atoms with Crippen LogP contribution in [0.15, 0.2) is 0 Å². The molecule has 0 unspecified atom stereocenters. The number of carbonyl (C=O) groups excluding carboxylic acids is 1. The Kier molecular flexibility index (Phi) is 5.84. The summed E-state index contributed by atoms with van der Waals surface area (Å²) in [7, 11) is 1.81. The van der Waals surface area contributed by atoms with E-state index in [1.54, 1.807) is 0 Å². The summed E-state index contributed by atoms with van der Waals surface area (Å²) in [5, 5.41) is 5.59. The molecule has 66 valence electrons. The van der Waals surface area contributed by atoms with Crippen LogP contribution in [0.2, 0.25) is 0 Å². The Morgan fingerprint density at radius 1 is 1.45 bits per heavy atom. The summed E-state index contributed by atoms with van der Waals surface area (Å²) < 4.78 is 0. The normalized spacial score (nSPS) is 10.2. The summed E-state index contributed by atoms with van der Waals surface area (Å²) in [5.74, 6) is 0.739. The third-order valence-corrected chi connectivity index (χ3v) is 1.41. The quantitative estimate of drug-likeness (QED) is 0.579. The van der Waals surface area contributed by atoms with E-state index in [-0.39, 0.29) is 5.91 Å². The molecule has 0 fully saturated rings. The highest BCUT2D eigenvalue weighted by molar-refractivity contribution is 5.75. The van der Waals surface area contributed by atoms with Gasteiger partial charge in [-0.15, -0.1) is 0 Å². The molecule has 0 atom stereocenters. The van der Waals surface area contributed by atoms with E-state index in [2.05, 4.69) is 24.5 Å². The van der Waals surface area contributed by atoms with Gasteiger partial charge in [0, 0.05) is 6.42 Å². The second-order valence-corrected chi connectivity index (χ2v) is 3.06. The molecule has 0 aromatic carbocycles. The predicted octanol–water partition coefficient (Wildman–Crippen LogP) is 0.716. The first-order valence-corrected chi connectivity index (χ1v) is 4.08. The van der Waals surface area contributed by atoms with Crippen molar-refractivity contribution in [2.75, 3.05) is 13.7 Å². The average Bonchev–Trinajstić information content (AvgIpc) is 1.97. The topological polar surface area (TPSA) is 41.1 Å². The lowest BCUT2D eigenvalue weighted by Crippen LogP contribution is -2.31. The maximum Gasteiger partial charge on any atom is 0.220 e. The van der Waals surface area contributed by atoms with Gasteiger partial charge in [-0.25, -0.2) is 0 Å². The van der Waals surface area contributed by atoms with Crippen LogP contribution in [0, 0.1) is 5.92 Å². The fraction of sp³-hybridized carbons (Fsp3) is 0.875. The Morgan fingerprint density at radius 3 is 2.55 bits per heavy atom. The third kappa shape index (κ3) is 7.33. The molecule has 0 aromatic heterocycles. The fourth-order valence-corrected chi connectivity index (χ4v) is 0.695. The van der Waals surface area contributed by atoms with E-state index in [0.29, 0.717) is 19.0 Å². The van der Waals surface area contributed by atoms with Crippen molar-refractivity contribution in [2.24, 2.45) is 5.92 Å². The van der Waals surface area contributed by atoms with Gasteiger partial charge in [0.2, 0.25) is 5.91 Å². The maximum atomic E-state index is 11.0. The molecule has 0 aliphatic rings. The van der Waals surface area contributed by atoms with Gasteiger partial charge in [-0.1, -0.05) is 13.8 Å². The van der Waals surface area contributed by atoms with Gasteiger partial charge < -0.3 is 10.6 Å². The summed E-state index contributed by atoms with van der Waals surface area (Å²) in [6.45, 7) is 4.80. The van der Waals surface area contributed by atoms with E-state index >= 15 is 0 Å². The van der Waals surface area contributed by atoms with Gasteiger partial charge >= 0.3 is 0 Å². The predicted molar refractivity (Wildman–Crippen MR) is 46.1 cm³/mol. The number of rotatable bonds is 5. The lowest BCUT2D eigenvalue weighted by molar-refractivity contribution is -0.121. The molecule has 0 aliphatic carbocycles. The van der Waals surface area contributed by atoms with E-state index < -0.39 is 0 Å². The monoisotopic (exact) mass is 158 g/mol. The van der Waals surface area contributed by atoms with Crippen molar-refractivity contribution in [3.63, 3.8) is 0 Å². The molecule has 0 radical (unpaired) electrons. The van der Waals surface area contributed by atoms with Crippen LogP contribution >= 0.6 is 0 Å². The highest BCUT2D eigenvalue weighted by atomic mass is 16.1. The molecule has 0 heterocycles. The van der Waals surface area contributed by atoms with E-state index in [1.807, 2.05) is 7.05 Å². The van der Waals surface area contributed by atoms with Crippen LogP contribution < -0.4 is 10.6 Å². The minimum absolute atomic E-state index is 0.132. The molecule has 0 rings (SSSR count). The minimum Gasteiger partial charge on any atom is -0.344 e. The van der Waals surface area contributed by atoms with Gasteiger partial charge in [0.15, 0.2) is 0 Å². The number of hydrogen-bond acceptors (Lipinski definition) is 2. The number of hydrogen-bond donors (Lipinski definition) is 2. The molecule has 0 aromatic rings. The lowest BCUT2D eigenvalue weighted by Gasteiger charge is -2.05. The summed E-state index contributed by atoms with van der Waals surface area (Å²) in [6.07, 6.45) is 1.61. The van der Waals surface area contributed by atoms with Gasteiger partial charge in [-0.2, -0.15) is 0 Å². The van der Waals surface area contributed by atoms with Crippen LogP contribution in [0.25, 0.3) is 0 Å². The van der Waals surface area contributed by atoms with Crippen LogP contribution in [-0.4, -0.2) is 19.6 Å². The summed E-state index contributed by atoms with van der Waals surface area (Å²) in [6, 6.07) is 0. The van der Waals surface area contributed by atoms with E-state index in [1.165, 1.54) is 0 Å². The molecule has 0 spiro atoms. The SMILES string of the molecule is CNCNC(=O)CCC(C)C. The van der Waals surface area contributed by atoms with Crippen molar-refractivity contribution >= 4 is 5.91 Å². The van der Waals surface area contributed by atoms with Gasteiger partial charge in [0.05, 0.1) is 6.67 Å². The van der Waals surface area contributed by atoms with Gasteiger partial charge in [0.25, 0.3) is 0 Å². The molecule has 2 N–H and O–H groups in total. The molecule has 0 aliphatic heterocycles. The van der Waals surface area contributed by atoms with Gasteiger partial charge in [0.1, 0.15) is 0 Å². The minimum atomic E-state index is 0.132. The van der Waals surface area contributed by atoms with Gasteiger partial charge in [-0.05, 0) is 19.4 Å². The van der Waals surface area contributed by atoms with Crippen LogP contribution in [-0.2, 0) is 4.79 Å². The maximum absolute atomic E-state index is 11.0. The Morgan fingerprint density at radius 2 is 2.09 bits per heavy atom. The number of nitrogens with one attached hydrogen (secondary N) is 2. The third-order valence-electron chi connectivity index (χ3n) is 1.41. The van der Waals surface area contributed by atoms with Crippen molar-refractivity contribution < 1.29 is 4.79 Å². The van der Waals surface area contributed by atoms with E-state index in [4.69, 9.17) is 0 Å². The van der Waals surface area contributed by atoms with Crippen LogP contribution in [0.5, 0.6) is 0 Å². The molecule has 3 nitrogen and oxygen atoms in total. The van der Waals surface area contributed by atoms with Crippen LogP contribution in [0.4, 0.5) is 0 Å². The summed E-state index contributed by atoms with van der Waals surface area (Å²) >= 11 is 0. The highest BCUT2D eigenvalue weighted by Gasteiger charge is 2.00. The molecule has 0 saturated carbocycles. The first-order valence-electron chi connectivity index (χ1n) is 4.08. The molecule has 11 heavy (non-hydrogen) atoms. The number of carbonyl (C=O) groups is 1. The molecule has 0 bridgehead atoms. The molecule has 1 amide bonds. The standard InChI is InChI=1S/C8H18N2O/c1-7(2)4-5-8(11)10-6-9-3/h7,9H,4-6H2,1-3H3,(H,10,11). The largest absolute Gasteiger partial charge is 0.344 e. The summed E-state index contributed by atoms with van der Waals surface area (Å²) in [4.78, 5) is 11.0. The van der Waals surface area contributed by atoms with Crippen molar-refractivity contribution in [2.45, 2.75) is 26.7 Å². The first kappa shape index (κ1) is 10.4. The lowest BCUT2D eigenvalue weighted by atomic mass is 10.1. The zero-order valence-electron chi connectivity index (χ0n) is 7.61. The fourth-order valence-electron chi connectivity index (χ4n) is 0.695. The van der Waals surface area contributed by atoms with E-state index in [9.17, 15) is 4.79 Å².